The van der Waals surface area contributed by atoms with Gasteiger partial charge in [-0.3, -0.25) is 9.48 Å². The van der Waals surface area contributed by atoms with Crippen molar-refractivity contribution in [3.05, 3.63) is 53.3 Å². The molecule has 0 atom stereocenters. The minimum absolute atomic E-state index is 0.0155. The Morgan fingerprint density at radius 3 is 2.66 bits per heavy atom. The SMILES string of the molecule is CCn1nccc1C(=O)Nc1ccc(-c2cc(Cl)ccc2OC(F)(F)F)c(N)n1. The van der Waals surface area contributed by atoms with Crippen LogP contribution in [0.25, 0.3) is 11.1 Å². The third-order valence-corrected chi connectivity index (χ3v) is 4.11. The van der Waals surface area contributed by atoms with Gasteiger partial charge in [-0.1, -0.05) is 11.6 Å². The van der Waals surface area contributed by atoms with Gasteiger partial charge in [0.1, 0.15) is 23.1 Å². The number of ether oxygens (including phenoxy) is 1. The molecule has 0 fully saturated rings. The van der Waals surface area contributed by atoms with Crippen molar-refractivity contribution in [2.75, 3.05) is 11.1 Å². The molecule has 0 saturated carbocycles. The quantitative estimate of drug-likeness (QED) is 0.633. The lowest BCUT2D eigenvalue weighted by Gasteiger charge is -2.15. The Morgan fingerprint density at radius 2 is 2.00 bits per heavy atom. The Balaban J connectivity index is 1.91. The van der Waals surface area contributed by atoms with Gasteiger partial charge in [-0.2, -0.15) is 5.10 Å². The zero-order valence-corrected chi connectivity index (χ0v) is 15.8. The number of alkyl halides is 3. The van der Waals surface area contributed by atoms with Crippen molar-refractivity contribution >= 4 is 29.1 Å². The lowest BCUT2D eigenvalue weighted by Crippen LogP contribution is -2.18. The first-order valence-electron chi connectivity index (χ1n) is 8.33. The van der Waals surface area contributed by atoms with Gasteiger partial charge in [-0.25, -0.2) is 4.98 Å². The van der Waals surface area contributed by atoms with Crippen molar-refractivity contribution in [1.82, 2.24) is 14.8 Å². The number of nitrogen functional groups attached to an aromatic ring is 1. The van der Waals surface area contributed by atoms with Gasteiger partial charge in [0.15, 0.2) is 0 Å². The fraction of sp³-hybridized carbons (Fsp3) is 0.167. The maximum atomic E-state index is 12.7. The Labute approximate surface area is 168 Å². The van der Waals surface area contributed by atoms with Crippen LogP contribution >= 0.6 is 11.6 Å². The average Bonchev–Trinajstić information content (AvgIpc) is 3.11. The fourth-order valence-corrected chi connectivity index (χ4v) is 2.83. The molecule has 0 saturated heterocycles. The van der Waals surface area contributed by atoms with Gasteiger partial charge in [-0.05, 0) is 43.3 Å². The Kier molecular flexibility index (Phi) is 5.64. The van der Waals surface area contributed by atoms with Crippen molar-refractivity contribution < 1.29 is 22.7 Å². The van der Waals surface area contributed by atoms with Gasteiger partial charge in [0, 0.05) is 28.9 Å². The smallest absolute Gasteiger partial charge is 0.405 e. The molecule has 0 radical (unpaired) electrons. The molecule has 0 aliphatic carbocycles. The number of carbonyl (C=O) groups is 1. The summed E-state index contributed by atoms with van der Waals surface area (Å²) in [5, 5.41) is 6.78. The predicted octanol–water partition coefficient (Wildman–Crippen LogP) is 4.35. The van der Waals surface area contributed by atoms with E-state index in [4.69, 9.17) is 17.3 Å². The highest BCUT2D eigenvalue weighted by molar-refractivity contribution is 6.31. The first-order valence-corrected chi connectivity index (χ1v) is 8.71. The molecule has 0 spiro atoms. The van der Waals surface area contributed by atoms with Gasteiger partial charge in [-0.15, -0.1) is 13.2 Å². The van der Waals surface area contributed by atoms with Crippen LogP contribution in [-0.2, 0) is 6.54 Å². The number of aromatic nitrogens is 3. The van der Waals surface area contributed by atoms with Gasteiger partial charge in [0.2, 0.25) is 0 Å². The fourth-order valence-electron chi connectivity index (χ4n) is 2.66. The van der Waals surface area contributed by atoms with Crippen LogP contribution in [0.1, 0.15) is 17.4 Å². The molecule has 152 valence electrons. The van der Waals surface area contributed by atoms with Crippen molar-refractivity contribution in [1.29, 1.82) is 0 Å². The minimum atomic E-state index is -4.89. The van der Waals surface area contributed by atoms with Crippen molar-refractivity contribution in [3.63, 3.8) is 0 Å². The molecule has 3 rings (SSSR count). The highest BCUT2D eigenvalue weighted by Crippen LogP contribution is 2.38. The number of hydrogen-bond acceptors (Lipinski definition) is 5. The van der Waals surface area contributed by atoms with E-state index in [0.29, 0.717) is 12.2 Å². The van der Waals surface area contributed by atoms with Crippen LogP contribution in [0, 0.1) is 0 Å². The van der Waals surface area contributed by atoms with Gasteiger partial charge >= 0.3 is 6.36 Å². The molecule has 0 unspecified atom stereocenters. The maximum absolute atomic E-state index is 12.7. The van der Waals surface area contributed by atoms with Gasteiger partial charge in [0.05, 0.1) is 0 Å². The molecule has 0 aliphatic heterocycles. The number of anilines is 2. The average molecular weight is 426 g/mol. The zero-order valence-electron chi connectivity index (χ0n) is 15.0. The molecule has 11 heteroatoms. The molecule has 29 heavy (non-hydrogen) atoms. The number of hydrogen-bond donors (Lipinski definition) is 2. The predicted molar refractivity (Wildman–Crippen MR) is 102 cm³/mol. The van der Waals surface area contributed by atoms with E-state index < -0.39 is 18.0 Å². The highest BCUT2D eigenvalue weighted by Gasteiger charge is 2.32. The second-order valence-corrected chi connectivity index (χ2v) is 6.24. The minimum Gasteiger partial charge on any atom is -0.405 e. The summed E-state index contributed by atoms with van der Waals surface area (Å²) in [4.78, 5) is 16.4. The Bertz CT molecular complexity index is 1050. The Hall–Kier alpha value is -3.27. The van der Waals surface area contributed by atoms with E-state index in [-0.39, 0.29) is 27.8 Å². The summed E-state index contributed by atoms with van der Waals surface area (Å²) >= 11 is 5.91. The first-order chi connectivity index (χ1) is 13.7. The van der Waals surface area contributed by atoms with Crippen LogP contribution in [0.2, 0.25) is 5.02 Å². The molecule has 2 heterocycles. The summed E-state index contributed by atoms with van der Waals surface area (Å²) in [7, 11) is 0. The number of aryl methyl sites for hydroxylation is 1. The third kappa shape index (κ3) is 4.77. The van der Waals surface area contributed by atoms with Crippen LogP contribution in [0.3, 0.4) is 0 Å². The molecule has 2 aromatic heterocycles. The van der Waals surface area contributed by atoms with E-state index in [9.17, 15) is 18.0 Å². The van der Waals surface area contributed by atoms with Crippen LogP contribution in [-0.4, -0.2) is 27.0 Å². The van der Waals surface area contributed by atoms with E-state index >= 15 is 0 Å². The largest absolute Gasteiger partial charge is 0.573 e. The van der Waals surface area contributed by atoms with Crippen LogP contribution in [0.4, 0.5) is 24.8 Å². The number of carbonyl (C=O) groups excluding carboxylic acids is 1. The number of rotatable bonds is 5. The number of amides is 1. The molecular weight excluding hydrogens is 411 g/mol. The maximum Gasteiger partial charge on any atom is 0.573 e. The van der Waals surface area contributed by atoms with E-state index in [1.807, 2.05) is 6.92 Å². The van der Waals surface area contributed by atoms with Crippen LogP contribution in [0.5, 0.6) is 5.75 Å². The number of halogens is 4. The molecular formula is C18H15ClF3N5O2. The number of pyridine rings is 1. The number of nitrogens with zero attached hydrogens (tertiary/aromatic N) is 3. The standard InChI is InChI=1S/C18H15ClF3N5O2/c1-2-27-13(7-8-24-27)17(28)26-15-6-4-11(16(23)25-15)12-9-10(19)3-5-14(12)29-18(20,21)22/h3-9H,2H2,1H3,(H3,23,25,26,28). The summed E-state index contributed by atoms with van der Waals surface area (Å²) in [5.41, 5.74) is 6.44. The van der Waals surface area contributed by atoms with Gasteiger partial charge < -0.3 is 15.8 Å². The van der Waals surface area contributed by atoms with E-state index in [0.717, 1.165) is 6.07 Å². The molecule has 1 amide bonds. The zero-order chi connectivity index (χ0) is 21.2. The number of nitrogens with two attached hydrogens (primary N) is 1. The van der Waals surface area contributed by atoms with E-state index in [1.165, 1.54) is 35.1 Å². The molecule has 0 aliphatic rings. The van der Waals surface area contributed by atoms with Crippen LogP contribution in [0.15, 0.2) is 42.6 Å². The summed E-state index contributed by atoms with van der Waals surface area (Å²) < 4.78 is 43.6. The first kappa shape index (κ1) is 20.5. The Morgan fingerprint density at radius 1 is 1.24 bits per heavy atom. The number of benzene rings is 1. The lowest BCUT2D eigenvalue weighted by atomic mass is 10.1. The second-order valence-electron chi connectivity index (χ2n) is 5.80. The van der Waals surface area contributed by atoms with E-state index in [2.05, 4.69) is 20.1 Å². The summed E-state index contributed by atoms with van der Waals surface area (Å²) in [5.74, 6) is -0.909. The molecule has 3 N–H and O–H groups in total. The molecule has 0 bridgehead atoms. The monoisotopic (exact) mass is 425 g/mol. The van der Waals surface area contributed by atoms with Crippen molar-refractivity contribution in [3.8, 4) is 16.9 Å². The molecule has 3 aromatic rings. The van der Waals surface area contributed by atoms with Crippen LogP contribution < -0.4 is 15.8 Å². The number of nitrogens with one attached hydrogen (secondary N) is 1. The second kappa shape index (κ2) is 8.00. The van der Waals surface area contributed by atoms with Gasteiger partial charge in [0.25, 0.3) is 5.91 Å². The summed E-state index contributed by atoms with van der Waals surface area (Å²) in [6.07, 6.45) is -3.40. The van der Waals surface area contributed by atoms with Crippen molar-refractivity contribution in [2.24, 2.45) is 0 Å². The topological polar surface area (TPSA) is 95.1 Å². The summed E-state index contributed by atoms with van der Waals surface area (Å²) in [6, 6.07) is 8.02. The molecule has 7 nitrogen and oxygen atoms in total. The lowest BCUT2D eigenvalue weighted by molar-refractivity contribution is -0.274. The molecule has 1 aromatic carbocycles. The normalized spacial score (nSPS) is 11.3. The summed E-state index contributed by atoms with van der Waals surface area (Å²) in [6.45, 7) is 2.33. The van der Waals surface area contributed by atoms with Crippen molar-refractivity contribution in [2.45, 2.75) is 19.8 Å². The third-order valence-electron chi connectivity index (χ3n) is 3.87. The highest BCUT2D eigenvalue weighted by atomic mass is 35.5. The van der Waals surface area contributed by atoms with E-state index in [1.54, 1.807) is 6.07 Å².